The van der Waals surface area contributed by atoms with E-state index in [0.29, 0.717) is 5.13 Å². The molecule has 2 rings (SSSR count). The van der Waals surface area contributed by atoms with Crippen molar-refractivity contribution in [1.29, 1.82) is 0 Å². The number of amides is 1. The van der Waals surface area contributed by atoms with Crippen molar-refractivity contribution < 1.29 is 4.79 Å². The standard InChI is InChI=1S/C11H13N5OS2/c1-3-18-11-15-14-10(19-11)13-9(17)5-4-8-6-12-16(2)7-8/h4-7H,3H2,1-2H3,(H,13,14,17)/b5-4+. The Morgan fingerprint density at radius 1 is 1.58 bits per heavy atom. The van der Waals surface area contributed by atoms with Gasteiger partial charge in [0, 0.05) is 24.9 Å². The van der Waals surface area contributed by atoms with E-state index in [2.05, 4.69) is 20.6 Å². The van der Waals surface area contributed by atoms with E-state index in [9.17, 15) is 4.79 Å². The molecule has 0 radical (unpaired) electrons. The Morgan fingerprint density at radius 2 is 2.42 bits per heavy atom. The van der Waals surface area contributed by atoms with E-state index in [1.165, 1.54) is 17.4 Å². The molecule has 0 atom stereocenters. The predicted molar refractivity (Wildman–Crippen MR) is 77.2 cm³/mol. The molecule has 0 aromatic carbocycles. The zero-order valence-corrected chi connectivity index (χ0v) is 12.2. The summed E-state index contributed by atoms with van der Waals surface area (Å²) in [7, 11) is 1.82. The van der Waals surface area contributed by atoms with Crippen molar-refractivity contribution in [3.8, 4) is 0 Å². The monoisotopic (exact) mass is 295 g/mol. The van der Waals surface area contributed by atoms with Crippen LogP contribution in [0.25, 0.3) is 6.08 Å². The fourth-order valence-electron chi connectivity index (χ4n) is 1.29. The lowest BCUT2D eigenvalue weighted by molar-refractivity contribution is -0.111. The summed E-state index contributed by atoms with van der Waals surface area (Å²) in [6, 6.07) is 0. The van der Waals surface area contributed by atoms with Crippen LogP contribution in [0.4, 0.5) is 5.13 Å². The van der Waals surface area contributed by atoms with E-state index >= 15 is 0 Å². The number of nitrogens with one attached hydrogen (secondary N) is 1. The molecule has 8 heteroatoms. The van der Waals surface area contributed by atoms with Gasteiger partial charge in [0.2, 0.25) is 11.0 Å². The maximum atomic E-state index is 11.7. The first-order chi connectivity index (χ1) is 9.17. The van der Waals surface area contributed by atoms with Crippen molar-refractivity contribution in [2.24, 2.45) is 7.05 Å². The molecule has 100 valence electrons. The first-order valence-electron chi connectivity index (χ1n) is 5.61. The van der Waals surface area contributed by atoms with Crippen LogP contribution < -0.4 is 5.32 Å². The highest BCUT2D eigenvalue weighted by molar-refractivity contribution is 8.01. The Kier molecular flexibility index (Phi) is 4.69. The quantitative estimate of drug-likeness (QED) is 0.519. The summed E-state index contributed by atoms with van der Waals surface area (Å²) in [6.07, 6.45) is 6.66. The highest BCUT2D eigenvalue weighted by atomic mass is 32.2. The number of anilines is 1. The van der Waals surface area contributed by atoms with Gasteiger partial charge in [-0.15, -0.1) is 10.2 Å². The van der Waals surface area contributed by atoms with Crippen LogP contribution >= 0.6 is 23.1 Å². The van der Waals surface area contributed by atoms with E-state index in [4.69, 9.17) is 0 Å². The fourth-order valence-corrected chi connectivity index (χ4v) is 2.94. The number of carbonyl (C=O) groups excluding carboxylic acids is 1. The van der Waals surface area contributed by atoms with Gasteiger partial charge in [0.05, 0.1) is 6.20 Å². The van der Waals surface area contributed by atoms with E-state index < -0.39 is 0 Å². The predicted octanol–water partition coefficient (Wildman–Crippen LogP) is 2.04. The molecular formula is C11H13N5OS2. The Morgan fingerprint density at radius 3 is 3.11 bits per heavy atom. The largest absolute Gasteiger partial charge is 0.297 e. The molecule has 0 unspecified atom stereocenters. The van der Waals surface area contributed by atoms with E-state index in [-0.39, 0.29) is 5.91 Å². The zero-order chi connectivity index (χ0) is 13.7. The van der Waals surface area contributed by atoms with Crippen molar-refractivity contribution in [3.63, 3.8) is 0 Å². The van der Waals surface area contributed by atoms with Crippen molar-refractivity contribution in [1.82, 2.24) is 20.0 Å². The maximum Gasteiger partial charge on any atom is 0.250 e. The number of nitrogens with zero attached hydrogens (tertiary/aromatic N) is 4. The van der Waals surface area contributed by atoms with Gasteiger partial charge in [-0.2, -0.15) is 5.10 Å². The third-order valence-corrected chi connectivity index (χ3v) is 3.91. The number of hydrogen-bond donors (Lipinski definition) is 1. The van der Waals surface area contributed by atoms with Gasteiger partial charge in [-0.3, -0.25) is 14.8 Å². The third-order valence-electron chi connectivity index (χ3n) is 2.06. The number of rotatable bonds is 5. The van der Waals surface area contributed by atoms with Crippen LogP contribution in [0.3, 0.4) is 0 Å². The SMILES string of the molecule is CCSc1nnc(NC(=O)/C=C/c2cnn(C)c2)s1. The zero-order valence-electron chi connectivity index (χ0n) is 10.5. The summed E-state index contributed by atoms with van der Waals surface area (Å²) in [6.45, 7) is 2.04. The third kappa shape index (κ3) is 4.18. The Balaban J connectivity index is 1.91. The lowest BCUT2D eigenvalue weighted by Gasteiger charge is -1.93. The number of carbonyl (C=O) groups is 1. The number of thioether (sulfide) groups is 1. The molecule has 1 amide bonds. The molecule has 0 aliphatic heterocycles. The van der Waals surface area contributed by atoms with Crippen molar-refractivity contribution in [2.75, 3.05) is 11.1 Å². The molecule has 0 saturated heterocycles. The topological polar surface area (TPSA) is 72.7 Å². The second kappa shape index (κ2) is 6.48. The van der Waals surface area contributed by atoms with Gasteiger partial charge in [0.1, 0.15) is 0 Å². The van der Waals surface area contributed by atoms with Crippen LogP contribution in [0.15, 0.2) is 22.8 Å². The molecule has 2 aromatic rings. The molecule has 0 spiro atoms. The average molecular weight is 295 g/mol. The lowest BCUT2D eigenvalue weighted by Crippen LogP contribution is -2.07. The fraction of sp³-hybridized carbons (Fsp3) is 0.273. The smallest absolute Gasteiger partial charge is 0.250 e. The average Bonchev–Trinajstić information content (AvgIpc) is 2.97. The normalized spacial score (nSPS) is 11.1. The molecule has 0 saturated carbocycles. The Bertz CT molecular complexity index is 589. The molecule has 0 fully saturated rings. The van der Waals surface area contributed by atoms with Crippen LogP contribution in [0.1, 0.15) is 12.5 Å². The minimum atomic E-state index is -0.229. The van der Waals surface area contributed by atoms with Crippen LogP contribution in [-0.4, -0.2) is 31.6 Å². The van der Waals surface area contributed by atoms with Crippen LogP contribution in [0, 0.1) is 0 Å². The van der Waals surface area contributed by atoms with Crippen molar-refractivity contribution in [3.05, 3.63) is 24.0 Å². The molecule has 2 aromatic heterocycles. The molecule has 0 aliphatic carbocycles. The first kappa shape index (κ1) is 13.8. The molecule has 6 nitrogen and oxygen atoms in total. The van der Waals surface area contributed by atoms with Gasteiger partial charge in [0.15, 0.2) is 4.34 Å². The van der Waals surface area contributed by atoms with Gasteiger partial charge in [0.25, 0.3) is 0 Å². The number of aryl methyl sites for hydroxylation is 1. The minimum Gasteiger partial charge on any atom is -0.297 e. The second-order valence-corrected chi connectivity index (χ2v) is 6.06. The highest BCUT2D eigenvalue weighted by Crippen LogP contribution is 2.24. The summed E-state index contributed by atoms with van der Waals surface area (Å²) in [5.74, 6) is 0.705. The maximum absolute atomic E-state index is 11.7. The summed E-state index contributed by atoms with van der Waals surface area (Å²) in [5.41, 5.74) is 0.872. The van der Waals surface area contributed by atoms with Gasteiger partial charge in [-0.05, 0) is 11.8 Å². The highest BCUT2D eigenvalue weighted by Gasteiger charge is 2.05. The van der Waals surface area contributed by atoms with Crippen molar-refractivity contribution in [2.45, 2.75) is 11.3 Å². The summed E-state index contributed by atoms with van der Waals surface area (Å²) >= 11 is 2.97. The van der Waals surface area contributed by atoms with Gasteiger partial charge in [-0.1, -0.05) is 30.0 Å². The number of aromatic nitrogens is 4. The molecular weight excluding hydrogens is 282 g/mol. The van der Waals surface area contributed by atoms with Gasteiger partial charge in [-0.25, -0.2) is 0 Å². The van der Waals surface area contributed by atoms with E-state index in [0.717, 1.165) is 15.7 Å². The molecule has 0 aliphatic rings. The summed E-state index contributed by atoms with van der Waals surface area (Å²) < 4.78 is 2.53. The number of hydrogen-bond acceptors (Lipinski definition) is 6. The minimum absolute atomic E-state index is 0.229. The van der Waals surface area contributed by atoms with E-state index in [1.54, 1.807) is 28.7 Å². The van der Waals surface area contributed by atoms with Crippen LogP contribution in [-0.2, 0) is 11.8 Å². The molecule has 1 N–H and O–H groups in total. The van der Waals surface area contributed by atoms with Crippen molar-refractivity contribution >= 4 is 40.2 Å². The first-order valence-corrected chi connectivity index (χ1v) is 7.41. The Labute approximate surface area is 118 Å². The van der Waals surface area contributed by atoms with E-state index in [1.807, 2.05) is 20.2 Å². The summed E-state index contributed by atoms with van der Waals surface area (Å²) in [5, 5.41) is 15.1. The second-order valence-electron chi connectivity index (χ2n) is 3.58. The van der Waals surface area contributed by atoms with Crippen LogP contribution in [0.5, 0.6) is 0 Å². The summed E-state index contributed by atoms with van der Waals surface area (Å²) in [4.78, 5) is 11.7. The van der Waals surface area contributed by atoms with Gasteiger partial charge >= 0.3 is 0 Å². The lowest BCUT2D eigenvalue weighted by atomic mass is 10.3. The molecule has 19 heavy (non-hydrogen) atoms. The Hall–Kier alpha value is -1.67. The van der Waals surface area contributed by atoms with Crippen LogP contribution in [0.2, 0.25) is 0 Å². The molecule has 0 bridgehead atoms. The molecule has 2 heterocycles. The van der Waals surface area contributed by atoms with Gasteiger partial charge < -0.3 is 0 Å².